The Kier molecular flexibility index (Phi) is 4.12. The first kappa shape index (κ1) is 14.4. The second-order valence-corrected chi connectivity index (χ2v) is 4.22. The average molecular weight is 291 g/mol. The van der Waals surface area contributed by atoms with E-state index in [1.165, 1.54) is 31.6 Å². The zero-order valence-electron chi connectivity index (χ0n) is 11.4. The average Bonchev–Trinajstić information content (AvgIpc) is 3.00. The predicted molar refractivity (Wildman–Crippen MR) is 72.9 cm³/mol. The Hall–Kier alpha value is -2.97. The third kappa shape index (κ3) is 3.14. The molecule has 0 amide bonds. The van der Waals surface area contributed by atoms with Crippen molar-refractivity contribution < 1.29 is 14.5 Å². The van der Waals surface area contributed by atoms with Crippen LogP contribution in [0.5, 0.6) is 0 Å². The molecule has 21 heavy (non-hydrogen) atoms. The third-order valence-electron chi connectivity index (χ3n) is 2.83. The third-order valence-corrected chi connectivity index (χ3v) is 2.83. The number of aromatic amines is 1. The van der Waals surface area contributed by atoms with Crippen LogP contribution in [0.15, 0.2) is 24.5 Å². The Morgan fingerprint density at radius 1 is 1.52 bits per heavy atom. The molecule has 1 heterocycles. The van der Waals surface area contributed by atoms with E-state index in [0.717, 1.165) is 0 Å². The molecule has 0 aliphatic heterocycles. The molecule has 9 heteroatoms. The minimum Gasteiger partial charge on any atom is -0.465 e. The number of carbonyl (C=O) groups is 1. The standard InChI is InChI=1S/C12H13N5O4/c1-7(11-13-6-14-16-11)15-8-3-4-10(17(19)20)9(5-8)12(18)21-2/h3-7,15H,1-2H3,(H,13,14,16). The Bertz CT molecular complexity index is 656. The number of benzene rings is 1. The monoisotopic (exact) mass is 291 g/mol. The van der Waals surface area contributed by atoms with Gasteiger partial charge < -0.3 is 10.1 Å². The summed E-state index contributed by atoms with van der Waals surface area (Å²) >= 11 is 0. The fraction of sp³-hybridized carbons (Fsp3) is 0.250. The van der Waals surface area contributed by atoms with Crippen molar-refractivity contribution in [3.05, 3.63) is 46.0 Å². The molecule has 0 radical (unpaired) electrons. The SMILES string of the molecule is COC(=O)c1cc(NC(C)c2ncn[nH]2)ccc1[N+](=O)[O-]. The van der Waals surface area contributed by atoms with Crippen LogP contribution in [0.4, 0.5) is 11.4 Å². The van der Waals surface area contributed by atoms with Crippen LogP contribution in [0, 0.1) is 10.1 Å². The highest BCUT2D eigenvalue weighted by Gasteiger charge is 2.21. The van der Waals surface area contributed by atoms with Gasteiger partial charge in [-0.2, -0.15) is 5.10 Å². The van der Waals surface area contributed by atoms with Gasteiger partial charge in [0.2, 0.25) is 0 Å². The first-order valence-corrected chi connectivity index (χ1v) is 6.01. The molecule has 9 nitrogen and oxygen atoms in total. The number of aromatic nitrogens is 3. The minimum atomic E-state index is -0.766. The summed E-state index contributed by atoms with van der Waals surface area (Å²) < 4.78 is 4.56. The predicted octanol–water partition coefficient (Wildman–Crippen LogP) is 1.67. The van der Waals surface area contributed by atoms with E-state index in [1.54, 1.807) is 0 Å². The Labute approximate surface area is 119 Å². The Morgan fingerprint density at radius 3 is 2.86 bits per heavy atom. The molecular weight excluding hydrogens is 278 g/mol. The lowest BCUT2D eigenvalue weighted by molar-refractivity contribution is -0.385. The number of nitrogens with zero attached hydrogens (tertiary/aromatic N) is 3. The molecule has 0 fully saturated rings. The Morgan fingerprint density at radius 2 is 2.29 bits per heavy atom. The number of nitro benzene ring substituents is 1. The number of hydrogen-bond acceptors (Lipinski definition) is 7. The van der Waals surface area contributed by atoms with Crippen molar-refractivity contribution in [2.75, 3.05) is 12.4 Å². The van der Waals surface area contributed by atoms with E-state index in [-0.39, 0.29) is 17.3 Å². The lowest BCUT2D eigenvalue weighted by Gasteiger charge is -2.13. The summed E-state index contributed by atoms with van der Waals surface area (Å²) in [5.41, 5.74) is 0.113. The lowest BCUT2D eigenvalue weighted by Crippen LogP contribution is -2.11. The molecule has 110 valence electrons. The van der Waals surface area contributed by atoms with E-state index in [2.05, 4.69) is 25.2 Å². The topological polar surface area (TPSA) is 123 Å². The molecule has 2 rings (SSSR count). The normalized spacial score (nSPS) is 11.7. The summed E-state index contributed by atoms with van der Waals surface area (Å²) in [6.45, 7) is 1.83. The molecule has 0 spiro atoms. The number of nitro groups is 1. The fourth-order valence-corrected chi connectivity index (χ4v) is 1.80. The van der Waals surface area contributed by atoms with Crippen molar-refractivity contribution in [3.63, 3.8) is 0 Å². The van der Waals surface area contributed by atoms with Crippen molar-refractivity contribution in [2.24, 2.45) is 0 Å². The van der Waals surface area contributed by atoms with Gasteiger partial charge in [-0.05, 0) is 19.1 Å². The van der Waals surface area contributed by atoms with Gasteiger partial charge in [0.15, 0.2) is 0 Å². The maximum Gasteiger partial charge on any atom is 0.344 e. The quantitative estimate of drug-likeness (QED) is 0.488. The van der Waals surface area contributed by atoms with Crippen molar-refractivity contribution >= 4 is 17.3 Å². The van der Waals surface area contributed by atoms with Crippen LogP contribution < -0.4 is 5.32 Å². The Balaban J connectivity index is 2.29. The summed E-state index contributed by atoms with van der Waals surface area (Å²) in [6.07, 6.45) is 1.38. The molecule has 1 aromatic heterocycles. The second kappa shape index (κ2) is 5.99. The number of hydrogen-bond donors (Lipinski definition) is 2. The minimum absolute atomic E-state index is 0.114. The second-order valence-electron chi connectivity index (χ2n) is 4.22. The first-order chi connectivity index (χ1) is 10.0. The van der Waals surface area contributed by atoms with Crippen LogP contribution in [0.25, 0.3) is 0 Å². The number of carbonyl (C=O) groups excluding carboxylic acids is 1. The van der Waals surface area contributed by atoms with Crippen molar-refractivity contribution in [1.82, 2.24) is 15.2 Å². The van der Waals surface area contributed by atoms with E-state index >= 15 is 0 Å². The van der Waals surface area contributed by atoms with Crippen LogP contribution in [-0.4, -0.2) is 33.2 Å². The molecule has 1 atom stereocenters. The van der Waals surface area contributed by atoms with Gasteiger partial charge in [0.1, 0.15) is 17.7 Å². The summed E-state index contributed by atoms with van der Waals surface area (Å²) in [5, 5.41) is 20.4. The highest BCUT2D eigenvalue weighted by atomic mass is 16.6. The van der Waals surface area contributed by atoms with E-state index in [0.29, 0.717) is 11.5 Å². The van der Waals surface area contributed by atoms with Crippen LogP contribution in [0.1, 0.15) is 29.1 Å². The number of rotatable bonds is 5. The van der Waals surface area contributed by atoms with Crippen molar-refractivity contribution in [3.8, 4) is 0 Å². The summed E-state index contributed by atoms with van der Waals surface area (Å²) in [5.74, 6) is -0.161. The zero-order chi connectivity index (χ0) is 15.4. The van der Waals surface area contributed by atoms with Crippen molar-refractivity contribution in [1.29, 1.82) is 0 Å². The van der Waals surface area contributed by atoms with E-state index < -0.39 is 10.9 Å². The number of nitrogens with one attached hydrogen (secondary N) is 2. The summed E-state index contributed by atoms with van der Waals surface area (Å²) in [6, 6.07) is 3.93. The molecule has 2 aromatic rings. The number of esters is 1. The van der Waals surface area contributed by atoms with E-state index in [4.69, 9.17) is 0 Å². The molecule has 1 aromatic carbocycles. The van der Waals surface area contributed by atoms with Gasteiger partial charge >= 0.3 is 5.97 Å². The van der Waals surface area contributed by atoms with Crippen LogP contribution in [0.3, 0.4) is 0 Å². The molecular formula is C12H13N5O4. The fourth-order valence-electron chi connectivity index (χ4n) is 1.80. The largest absolute Gasteiger partial charge is 0.465 e. The van der Waals surface area contributed by atoms with Crippen LogP contribution in [-0.2, 0) is 4.74 Å². The molecule has 0 saturated carbocycles. The highest BCUT2D eigenvalue weighted by Crippen LogP contribution is 2.25. The molecule has 2 N–H and O–H groups in total. The number of methoxy groups -OCH3 is 1. The van der Waals surface area contributed by atoms with Gasteiger partial charge in [0.25, 0.3) is 5.69 Å². The molecule has 0 bridgehead atoms. The van der Waals surface area contributed by atoms with Gasteiger partial charge in [0.05, 0.1) is 18.1 Å². The van der Waals surface area contributed by atoms with Crippen molar-refractivity contribution in [2.45, 2.75) is 13.0 Å². The molecule has 0 aliphatic carbocycles. The molecule has 1 unspecified atom stereocenters. The van der Waals surface area contributed by atoms with Gasteiger partial charge in [-0.15, -0.1) is 0 Å². The highest BCUT2D eigenvalue weighted by molar-refractivity contribution is 5.95. The maximum absolute atomic E-state index is 11.6. The van der Waals surface area contributed by atoms with Gasteiger partial charge in [-0.25, -0.2) is 9.78 Å². The number of H-pyrrole nitrogens is 1. The van der Waals surface area contributed by atoms with Gasteiger partial charge in [0, 0.05) is 11.8 Å². The zero-order valence-corrected chi connectivity index (χ0v) is 11.4. The summed E-state index contributed by atoms with van der Waals surface area (Å²) in [4.78, 5) is 25.9. The number of anilines is 1. The number of ether oxygens (including phenoxy) is 1. The maximum atomic E-state index is 11.6. The van der Waals surface area contributed by atoms with Crippen LogP contribution >= 0.6 is 0 Å². The molecule has 0 saturated heterocycles. The lowest BCUT2D eigenvalue weighted by atomic mass is 10.1. The van der Waals surface area contributed by atoms with Gasteiger partial charge in [-0.1, -0.05) is 0 Å². The molecule has 0 aliphatic rings. The van der Waals surface area contributed by atoms with E-state index in [9.17, 15) is 14.9 Å². The smallest absolute Gasteiger partial charge is 0.344 e. The van der Waals surface area contributed by atoms with Crippen LogP contribution in [0.2, 0.25) is 0 Å². The first-order valence-electron chi connectivity index (χ1n) is 6.01. The van der Waals surface area contributed by atoms with Gasteiger partial charge in [-0.3, -0.25) is 15.2 Å². The van der Waals surface area contributed by atoms with E-state index in [1.807, 2.05) is 6.92 Å². The summed E-state index contributed by atoms with van der Waals surface area (Å²) in [7, 11) is 1.17.